The number of carbonyl (C=O) groups is 2. The Balaban J connectivity index is 2.68. The summed E-state index contributed by atoms with van der Waals surface area (Å²) in [6, 6.07) is 11.0. The smallest absolute Gasteiger partial charge is 0.408 e. The van der Waals surface area contributed by atoms with Gasteiger partial charge in [0.1, 0.15) is 12.2 Å². The van der Waals surface area contributed by atoms with Crippen molar-refractivity contribution in [3.8, 4) is 5.75 Å². The standard InChI is InChI=1S/C24H27Cl2F3N2O5/c1-30(21(33)13-24(27,28)29)15-23(9-4-10-32,17-7-8-19(25)20(26)12-17)31(22(34)35)14-16-5-3-6-18(11-16)36-2/h3,5-8,11-12,32H,4,9-10,13-15H2,1-2H3,(H,34,35)/t23-/m1/s1. The van der Waals surface area contributed by atoms with Crippen LogP contribution in [0.25, 0.3) is 0 Å². The summed E-state index contributed by atoms with van der Waals surface area (Å²) < 4.78 is 44.0. The lowest BCUT2D eigenvalue weighted by molar-refractivity contribution is -0.161. The third-order valence-electron chi connectivity index (χ3n) is 5.70. The maximum atomic E-state index is 12.9. The first kappa shape index (κ1) is 29.5. The normalized spacial score (nSPS) is 13.1. The molecule has 0 saturated carbocycles. The molecule has 0 spiro atoms. The van der Waals surface area contributed by atoms with Gasteiger partial charge >= 0.3 is 12.3 Å². The number of aliphatic hydroxyl groups is 1. The van der Waals surface area contributed by atoms with Gasteiger partial charge in [-0.1, -0.05) is 41.4 Å². The van der Waals surface area contributed by atoms with Crippen LogP contribution in [0.3, 0.4) is 0 Å². The lowest BCUT2D eigenvalue weighted by Gasteiger charge is -2.45. The summed E-state index contributed by atoms with van der Waals surface area (Å²) in [6.07, 6.45) is -7.77. The summed E-state index contributed by atoms with van der Waals surface area (Å²) >= 11 is 12.3. The molecule has 7 nitrogen and oxygen atoms in total. The first-order valence-electron chi connectivity index (χ1n) is 10.8. The van der Waals surface area contributed by atoms with Crippen LogP contribution in [0.5, 0.6) is 5.75 Å². The molecule has 2 aromatic carbocycles. The van der Waals surface area contributed by atoms with Gasteiger partial charge in [0, 0.05) is 20.2 Å². The van der Waals surface area contributed by atoms with Crippen LogP contribution in [0.1, 0.15) is 30.4 Å². The van der Waals surface area contributed by atoms with E-state index in [0.29, 0.717) is 16.9 Å². The number of methoxy groups -OCH3 is 1. The lowest BCUT2D eigenvalue weighted by atomic mass is 9.82. The summed E-state index contributed by atoms with van der Waals surface area (Å²) in [5.41, 5.74) is -0.737. The van der Waals surface area contributed by atoms with Gasteiger partial charge in [-0.25, -0.2) is 4.79 Å². The van der Waals surface area contributed by atoms with Gasteiger partial charge in [-0.15, -0.1) is 0 Å². The second-order valence-electron chi connectivity index (χ2n) is 8.25. The fourth-order valence-electron chi connectivity index (χ4n) is 3.99. The highest BCUT2D eigenvalue weighted by Gasteiger charge is 2.44. The van der Waals surface area contributed by atoms with Gasteiger partial charge < -0.3 is 19.8 Å². The Labute approximate surface area is 217 Å². The number of amides is 2. The van der Waals surface area contributed by atoms with Crippen LogP contribution in [-0.2, 0) is 16.9 Å². The minimum atomic E-state index is -4.74. The maximum absolute atomic E-state index is 12.9. The Bertz CT molecular complexity index is 1070. The summed E-state index contributed by atoms with van der Waals surface area (Å²) in [5, 5.41) is 20.2. The number of hydrogen-bond acceptors (Lipinski definition) is 4. The summed E-state index contributed by atoms with van der Waals surface area (Å²) in [4.78, 5) is 27.0. The fourth-order valence-corrected chi connectivity index (χ4v) is 4.29. The first-order valence-corrected chi connectivity index (χ1v) is 11.6. The van der Waals surface area contributed by atoms with Crippen LogP contribution in [0.15, 0.2) is 42.5 Å². The minimum Gasteiger partial charge on any atom is -0.497 e. The third kappa shape index (κ3) is 7.65. The molecule has 0 fully saturated rings. The van der Waals surface area contributed by atoms with E-state index in [4.69, 9.17) is 27.9 Å². The molecule has 0 aliphatic carbocycles. The monoisotopic (exact) mass is 550 g/mol. The van der Waals surface area contributed by atoms with Gasteiger partial charge in [-0.2, -0.15) is 13.2 Å². The molecule has 2 amide bonds. The van der Waals surface area contributed by atoms with Gasteiger partial charge in [0.2, 0.25) is 5.91 Å². The van der Waals surface area contributed by atoms with E-state index in [1.165, 1.54) is 32.4 Å². The molecule has 12 heteroatoms. The summed E-state index contributed by atoms with van der Waals surface area (Å²) in [6.45, 7) is -0.953. The van der Waals surface area contributed by atoms with Crippen molar-refractivity contribution in [2.45, 2.75) is 37.5 Å². The van der Waals surface area contributed by atoms with Crippen LogP contribution in [0, 0.1) is 0 Å². The van der Waals surface area contributed by atoms with Crippen molar-refractivity contribution in [1.29, 1.82) is 0 Å². The zero-order valence-corrected chi connectivity index (χ0v) is 21.2. The highest BCUT2D eigenvalue weighted by atomic mass is 35.5. The number of alkyl halides is 3. The third-order valence-corrected chi connectivity index (χ3v) is 6.44. The summed E-state index contributed by atoms with van der Waals surface area (Å²) in [7, 11) is 2.63. The topological polar surface area (TPSA) is 90.3 Å². The van der Waals surface area contributed by atoms with Crippen LogP contribution < -0.4 is 4.74 Å². The number of carbonyl (C=O) groups excluding carboxylic acids is 1. The highest BCUT2D eigenvalue weighted by Crippen LogP contribution is 2.39. The highest BCUT2D eigenvalue weighted by molar-refractivity contribution is 6.42. The van der Waals surface area contributed by atoms with E-state index in [9.17, 15) is 33.0 Å². The van der Waals surface area contributed by atoms with Crippen molar-refractivity contribution in [1.82, 2.24) is 9.80 Å². The van der Waals surface area contributed by atoms with E-state index in [2.05, 4.69) is 0 Å². The molecule has 0 aliphatic rings. The van der Waals surface area contributed by atoms with E-state index in [-0.39, 0.29) is 36.0 Å². The number of likely N-dealkylation sites (N-methyl/N-ethyl adjacent to an activating group) is 1. The number of hydrogen-bond donors (Lipinski definition) is 2. The number of ether oxygens (including phenoxy) is 1. The van der Waals surface area contributed by atoms with Crippen LogP contribution >= 0.6 is 23.2 Å². The molecule has 0 saturated heterocycles. The van der Waals surface area contributed by atoms with Gasteiger partial charge in [0.15, 0.2) is 0 Å². The zero-order valence-electron chi connectivity index (χ0n) is 19.7. The molecule has 0 unspecified atom stereocenters. The lowest BCUT2D eigenvalue weighted by Crippen LogP contribution is -2.55. The van der Waals surface area contributed by atoms with Crippen molar-refractivity contribution in [3.63, 3.8) is 0 Å². The second-order valence-corrected chi connectivity index (χ2v) is 9.06. The molecule has 36 heavy (non-hydrogen) atoms. The van der Waals surface area contributed by atoms with Gasteiger partial charge in [-0.05, 0) is 48.2 Å². The average molecular weight is 551 g/mol. The Kier molecular flexibility index (Phi) is 10.3. The van der Waals surface area contributed by atoms with E-state index in [1.807, 2.05) is 0 Å². The summed E-state index contributed by atoms with van der Waals surface area (Å²) in [5.74, 6) is -0.756. The number of benzene rings is 2. The molecule has 0 aromatic heterocycles. The molecular formula is C24H27Cl2F3N2O5. The minimum absolute atomic E-state index is 0.0264. The largest absolute Gasteiger partial charge is 0.497 e. The predicted molar refractivity (Wildman–Crippen MR) is 129 cm³/mol. The van der Waals surface area contributed by atoms with Crippen LogP contribution in [0.2, 0.25) is 10.0 Å². The number of rotatable bonds is 11. The van der Waals surface area contributed by atoms with Crippen LogP contribution in [0.4, 0.5) is 18.0 Å². The van der Waals surface area contributed by atoms with E-state index in [0.717, 1.165) is 9.80 Å². The molecule has 2 N–H and O–H groups in total. The SMILES string of the molecule is COc1cccc(CN(C(=O)O)[C@](CCCO)(CN(C)C(=O)CC(F)(F)F)c2ccc(Cl)c(Cl)c2)c1. The van der Waals surface area contributed by atoms with Crippen molar-refractivity contribution in [2.24, 2.45) is 0 Å². The molecule has 0 aliphatic heterocycles. The molecule has 198 valence electrons. The molecule has 0 heterocycles. The van der Waals surface area contributed by atoms with E-state index >= 15 is 0 Å². The molecule has 2 rings (SSSR count). The van der Waals surface area contributed by atoms with Crippen molar-refractivity contribution in [3.05, 3.63) is 63.6 Å². The average Bonchev–Trinajstić information content (AvgIpc) is 2.81. The first-order chi connectivity index (χ1) is 16.8. The van der Waals surface area contributed by atoms with Crippen molar-refractivity contribution >= 4 is 35.2 Å². The number of halogens is 5. The van der Waals surface area contributed by atoms with E-state index in [1.54, 1.807) is 24.3 Å². The number of aliphatic hydroxyl groups excluding tert-OH is 1. The Morgan fingerprint density at radius 3 is 2.33 bits per heavy atom. The molecule has 1 atom stereocenters. The Hall–Kier alpha value is -2.69. The van der Waals surface area contributed by atoms with E-state index < -0.39 is 36.7 Å². The number of carboxylic acid groups (broad SMARTS) is 1. The molecule has 0 radical (unpaired) electrons. The van der Waals surface area contributed by atoms with Gasteiger partial charge in [0.05, 0.1) is 29.2 Å². The van der Waals surface area contributed by atoms with Crippen LogP contribution in [-0.4, -0.2) is 65.5 Å². The number of nitrogens with zero attached hydrogens (tertiary/aromatic N) is 2. The van der Waals surface area contributed by atoms with Crippen molar-refractivity contribution < 1.29 is 37.7 Å². The maximum Gasteiger partial charge on any atom is 0.408 e. The molecule has 0 bridgehead atoms. The zero-order chi connectivity index (χ0) is 27.1. The second kappa shape index (κ2) is 12.5. The van der Waals surface area contributed by atoms with Gasteiger partial charge in [0.25, 0.3) is 0 Å². The Morgan fingerprint density at radius 2 is 1.78 bits per heavy atom. The van der Waals surface area contributed by atoms with Crippen molar-refractivity contribution in [2.75, 3.05) is 27.3 Å². The van der Waals surface area contributed by atoms with Gasteiger partial charge in [-0.3, -0.25) is 9.69 Å². The molecule has 2 aromatic rings. The quantitative estimate of drug-likeness (QED) is 0.382. The molecular weight excluding hydrogens is 524 g/mol. The fraction of sp³-hybridized carbons (Fsp3) is 0.417. The Morgan fingerprint density at radius 1 is 1.08 bits per heavy atom. The predicted octanol–water partition coefficient (Wildman–Crippen LogP) is 5.56.